The monoisotopic (exact) mass is 252 g/mol. The maximum Gasteiger partial charge on any atom is 0.179 e. The van der Waals surface area contributed by atoms with Crippen LogP contribution >= 0.6 is 68.8 Å². The Labute approximate surface area is 75.2 Å². The minimum atomic E-state index is -1.20. The van der Waals surface area contributed by atoms with Gasteiger partial charge in [-0.25, -0.2) is 0 Å². The van der Waals surface area contributed by atoms with Crippen LogP contribution in [0.5, 0.6) is 0 Å². The minimum Gasteiger partial charge on any atom is -0.0784 e. The van der Waals surface area contributed by atoms with Crippen LogP contribution in [0.4, 0.5) is 0 Å². The van der Waals surface area contributed by atoms with Crippen LogP contribution in [0.25, 0.3) is 0 Å². The standard InChI is InChI=1S/CH3Cl2P.Cl3P/c2*1-4(2)3/h1H3;. The zero-order valence-corrected chi connectivity index (χ0v) is 9.35. The minimum absolute atomic E-state index is 0.676. The molecule has 0 aliphatic carbocycles. The summed E-state index contributed by atoms with van der Waals surface area (Å²) >= 11 is 24.8. The molecule has 0 saturated carbocycles. The summed E-state index contributed by atoms with van der Waals surface area (Å²) in [6.07, 6.45) is 0. The zero-order valence-electron chi connectivity index (χ0n) is 3.78. The molecule has 0 nitrogen and oxygen atoms in total. The molecule has 0 aromatic heterocycles. The Morgan fingerprint density at radius 1 is 0.875 bits per heavy atom. The Hall–Kier alpha value is 2.31. The van der Waals surface area contributed by atoms with E-state index in [9.17, 15) is 0 Å². The summed E-state index contributed by atoms with van der Waals surface area (Å²) in [4.78, 5) is 0. The number of hydrogen-bond acceptors (Lipinski definition) is 0. The van der Waals surface area contributed by atoms with Gasteiger partial charge in [0.15, 0.2) is 5.98 Å². The van der Waals surface area contributed by atoms with E-state index in [1.54, 1.807) is 6.66 Å². The molecule has 52 valence electrons. The van der Waals surface area contributed by atoms with Crippen LogP contribution in [0.2, 0.25) is 0 Å². The second-order valence-corrected chi connectivity index (χ2v) is 9.94. The summed E-state index contributed by atoms with van der Waals surface area (Å²) in [5, 5.41) is 0. The Kier molecular flexibility index (Phi) is 15.1. The fourth-order valence-electron chi connectivity index (χ4n) is 0. The van der Waals surface area contributed by atoms with Crippen molar-refractivity contribution in [3.63, 3.8) is 0 Å². The van der Waals surface area contributed by atoms with Gasteiger partial charge >= 0.3 is 0 Å². The molecule has 7 heteroatoms. The van der Waals surface area contributed by atoms with Gasteiger partial charge in [0.25, 0.3) is 0 Å². The molecule has 0 atom stereocenters. The van der Waals surface area contributed by atoms with Gasteiger partial charge in [-0.15, -0.1) is 0 Å². The van der Waals surface area contributed by atoms with E-state index >= 15 is 0 Å². The first kappa shape index (κ1) is 12.9. The highest BCUT2D eigenvalue weighted by molar-refractivity contribution is 8.20. The third-order valence-electron chi connectivity index (χ3n) is 0. The van der Waals surface area contributed by atoms with Crippen molar-refractivity contribution in [2.24, 2.45) is 0 Å². The van der Waals surface area contributed by atoms with Gasteiger partial charge in [0.1, 0.15) is 0 Å². The van der Waals surface area contributed by atoms with Crippen molar-refractivity contribution in [1.29, 1.82) is 0 Å². The van der Waals surface area contributed by atoms with Crippen LogP contribution in [-0.4, -0.2) is 6.66 Å². The Morgan fingerprint density at radius 2 is 0.875 bits per heavy atom. The summed E-state index contributed by atoms with van der Waals surface area (Å²) in [5.41, 5.74) is 0. The highest BCUT2D eigenvalue weighted by Crippen LogP contribution is 2.51. The molecule has 0 bridgehead atoms. The van der Waals surface area contributed by atoms with Crippen molar-refractivity contribution in [2.75, 3.05) is 6.66 Å². The lowest BCUT2D eigenvalue weighted by atomic mass is 12.0. The number of hydrogen-bond donors (Lipinski definition) is 0. The van der Waals surface area contributed by atoms with E-state index in [2.05, 4.69) is 0 Å². The largest absolute Gasteiger partial charge is 0.179 e. The zero-order chi connectivity index (χ0) is 7.15. The van der Waals surface area contributed by atoms with Crippen LogP contribution < -0.4 is 0 Å². The molecule has 0 fully saturated rings. The summed E-state index contributed by atoms with van der Waals surface area (Å²) in [7, 11) is 0. The first-order valence-electron chi connectivity index (χ1n) is 1.29. The lowest BCUT2D eigenvalue weighted by Crippen LogP contribution is -1.20. The van der Waals surface area contributed by atoms with Gasteiger partial charge in [-0.2, -0.15) is 0 Å². The van der Waals surface area contributed by atoms with Crippen molar-refractivity contribution >= 4 is 68.8 Å². The van der Waals surface area contributed by atoms with E-state index in [-0.39, 0.29) is 0 Å². The molecule has 0 radical (unpaired) electrons. The van der Waals surface area contributed by atoms with E-state index in [0.717, 1.165) is 0 Å². The van der Waals surface area contributed by atoms with Gasteiger partial charge in [-0.05, 0) is 6.66 Å². The molecule has 0 spiro atoms. The van der Waals surface area contributed by atoms with Crippen molar-refractivity contribution in [3.8, 4) is 0 Å². The maximum atomic E-state index is 5.10. The summed E-state index contributed by atoms with van der Waals surface area (Å²) in [5.74, 6) is -1.20. The van der Waals surface area contributed by atoms with E-state index in [1.807, 2.05) is 0 Å². The van der Waals surface area contributed by atoms with Crippen molar-refractivity contribution < 1.29 is 0 Å². The van der Waals surface area contributed by atoms with E-state index in [4.69, 9.17) is 56.2 Å². The van der Waals surface area contributed by atoms with Gasteiger partial charge < -0.3 is 0 Å². The highest BCUT2D eigenvalue weighted by Gasteiger charge is 1.80. The average Bonchev–Trinajstić information content (AvgIpc) is 1.25. The Morgan fingerprint density at radius 3 is 0.875 bits per heavy atom. The molecule has 0 aliphatic rings. The first-order valence-corrected chi connectivity index (χ1v) is 8.95. The second-order valence-electron chi connectivity index (χ2n) is 0.594. The van der Waals surface area contributed by atoms with E-state index in [0.29, 0.717) is 0 Å². The Bertz CT molecular complexity index is 25.9. The molecule has 0 aromatic rings. The predicted octanol–water partition coefficient (Wildman–Crippen LogP) is 5.34. The molecule has 0 aliphatic heterocycles. The van der Waals surface area contributed by atoms with Crippen LogP contribution in [0, 0.1) is 0 Å². The average molecular weight is 254 g/mol. The second kappa shape index (κ2) is 9.31. The van der Waals surface area contributed by atoms with Gasteiger partial charge in [-0.3, -0.25) is 0 Å². The lowest BCUT2D eigenvalue weighted by Gasteiger charge is -1.72. The normalized spacial score (nSPS) is 9.00. The van der Waals surface area contributed by atoms with E-state index in [1.165, 1.54) is 0 Å². The van der Waals surface area contributed by atoms with Crippen molar-refractivity contribution in [2.45, 2.75) is 0 Å². The third kappa shape index (κ3) is 83.2. The van der Waals surface area contributed by atoms with Gasteiger partial charge in [0.2, 0.25) is 0 Å². The molecular weight excluding hydrogens is 251 g/mol. The Balaban J connectivity index is 0. The predicted molar refractivity (Wildman–Crippen MR) is 49.0 cm³/mol. The van der Waals surface area contributed by atoms with Crippen molar-refractivity contribution in [1.82, 2.24) is 0 Å². The molecule has 0 heterocycles. The van der Waals surface area contributed by atoms with E-state index < -0.39 is 12.6 Å². The summed E-state index contributed by atoms with van der Waals surface area (Å²) in [6, 6.07) is 0. The third-order valence-corrected chi connectivity index (χ3v) is 0. The summed E-state index contributed by atoms with van der Waals surface area (Å²) in [6.45, 7) is 1.09. The molecule has 0 aromatic carbocycles. The molecular formula is CH3Cl5P2. The summed E-state index contributed by atoms with van der Waals surface area (Å²) < 4.78 is 0. The van der Waals surface area contributed by atoms with Gasteiger partial charge in [0.05, 0.1) is 6.63 Å². The SMILES string of the molecule is CP(Cl)Cl.ClP(Cl)Cl. The molecule has 0 saturated heterocycles. The van der Waals surface area contributed by atoms with Crippen LogP contribution in [0.3, 0.4) is 0 Å². The maximum absolute atomic E-state index is 5.10. The number of rotatable bonds is 0. The highest BCUT2D eigenvalue weighted by atomic mass is 36.0. The lowest BCUT2D eigenvalue weighted by molar-refractivity contribution is 2.49. The van der Waals surface area contributed by atoms with Gasteiger partial charge in [-0.1, -0.05) is 56.2 Å². The first-order chi connectivity index (χ1) is 3.46. The van der Waals surface area contributed by atoms with Gasteiger partial charge in [0, 0.05) is 0 Å². The molecule has 8 heavy (non-hydrogen) atoms. The quantitative estimate of drug-likeness (QED) is 0.512. The smallest absolute Gasteiger partial charge is 0.0784 e. The number of halogens is 5. The van der Waals surface area contributed by atoms with Crippen molar-refractivity contribution in [3.05, 3.63) is 0 Å². The molecule has 0 rings (SSSR count). The van der Waals surface area contributed by atoms with Crippen LogP contribution in [0.15, 0.2) is 0 Å². The molecule has 0 amide bonds. The molecule has 0 unspecified atom stereocenters. The topological polar surface area (TPSA) is 0 Å². The van der Waals surface area contributed by atoms with Crippen LogP contribution in [0.1, 0.15) is 0 Å². The fourth-order valence-corrected chi connectivity index (χ4v) is 0. The fraction of sp³-hybridized carbons (Fsp3) is 1.00. The molecule has 0 N–H and O–H groups in total. The van der Waals surface area contributed by atoms with Crippen LogP contribution in [-0.2, 0) is 0 Å².